The number of ether oxygens (including phenoxy) is 1. The van der Waals surface area contributed by atoms with Crippen LogP contribution in [0.5, 0.6) is 0 Å². The fraction of sp³-hybridized carbons (Fsp3) is 0.281. The number of likely N-dealkylation sites (tertiary alicyclic amines) is 1. The first-order chi connectivity index (χ1) is 18.8. The molecule has 1 aliphatic heterocycles. The highest BCUT2D eigenvalue weighted by Gasteiger charge is 2.39. The fourth-order valence-electron chi connectivity index (χ4n) is 5.29. The number of nitrogens with one attached hydrogen (secondary N) is 1. The Morgan fingerprint density at radius 1 is 0.897 bits per heavy atom. The van der Waals surface area contributed by atoms with E-state index in [4.69, 9.17) is 9.72 Å². The van der Waals surface area contributed by atoms with Gasteiger partial charge in [0.2, 0.25) is 5.91 Å². The Morgan fingerprint density at radius 3 is 1.90 bits per heavy atom. The Hall–Kier alpha value is -4.39. The molecule has 0 saturated carbocycles. The molecule has 1 fully saturated rings. The molecule has 2 heterocycles. The Bertz CT molecular complexity index is 1320. The third-order valence-corrected chi connectivity index (χ3v) is 6.94. The molecule has 5 rings (SSSR count). The molecule has 0 aliphatic carbocycles. The molecular formula is C32H34N4O3. The van der Waals surface area contributed by atoms with Crippen molar-refractivity contribution in [2.24, 2.45) is 0 Å². The number of aromatic nitrogens is 2. The van der Waals surface area contributed by atoms with Crippen molar-refractivity contribution in [3.63, 3.8) is 0 Å². The second kappa shape index (κ2) is 10.8. The van der Waals surface area contributed by atoms with Crippen molar-refractivity contribution in [2.45, 2.75) is 50.9 Å². The largest absolute Gasteiger partial charge is 0.444 e. The Kier molecular flexibility index (Phi) is 7.24. The number of nitrogens with zero attached hydrogens (tertiary/aromatic N) is 3. The summed E-state index contributed by atoms with van der Waals surface area (Å²) in [5.74, 6) is -0.129. The van der Waals surface area contributed by atoms with E-state index >= 15 is 0 Å². The van der Waals surface area contributed by atoms with Crippen LogP contribution in [0, 0.1) is 0 Å². The van der Waals surface area contributed by atoms with E-state index in [1.165, 1.54) is 0 Å². The Labute approximate surface area is 229 Å². The lowest BCUT2D eigenvalue weighted by Crippen LogP contribution is -2.43. The van der Waals surface area contributed by atoms with Crippen molar-refractivity contribution in [2.75, 3.05) is 6.54 Å². The van der Waals surface area contributed by atoms with Crippen LogP contribution >= 0.6 is 0 Å². The van der Waals surface area contributed by atoms with E-state index in [1.807, 2.05) is 30.7 Å². The van der Waals surface area contributed by atoms with Gasteiger partial charge in [-0.1, -0.05) is 91.0 Å². The highest BCUT2D eigenvalue weighted by Crippen LogP contribution is 2.40. The molecule has 0 bridgehead atoms. The van der Waals surface area contributed by atoms with Gasteiger partial charge in [0.1, 0.15) is 17.2 Å². The fourth-order valence-corrected chi connectivity index (χ4v) is 5.29. The van der Waals surface area contributed by atoms with Crippen LogP contribution in [0.1, 0.15) is 49.6 Å². The standard InChI is InChI=1S/C32H34N4O3/c1-31(2,3)39-30(38)34-28-19-20-35(29(28)37)21-27-22-36(23-33-27)32(24-13-7-4-8-14-24,25-15-9-5-10-16-25)26-17-11-6-12-18-26/h4-18,22-23,28H,19-21H2,1-3H3,(H,34,38)/t28-/m1/s1. The highest BCUT2D eigenvalue weighted by atomic mass is 16.6. The van der Waals surface area contributed by atoms with E-state index < -0.39 is 23.3 Å². The van der Waals surface area contributed by atoms with Gasteiger partial charge in [0, 0.05) is 12.7 Å². The van der Waals surface area contributed by atoms with Gasteiger partial charge in [-0.2, -0.15) is 0 Å². The van der Waals surface area contributed by atoms with Crippen molar-refractivity contribution in [3.8, 4) is 0 Å². The van der Waals surface area contributed by atoms with Crippen molar-refractivity contribution < 1.29 is 14.3 Å². The van der Waals surface area contributed by atoms with Gasteiger partial charge in [-0.3, -0.25) is 4.79 Å². The van der Waals surface area contributed by atoms with E-state index in [-0.39, 0.29) is 5.91 Å². The maximum Gasteiger partial charge on any atom is 0.408 e. The van der Waals surface area contributed by atoms with Gasteiger partial charge in [0.15, 0.2) is 0 Å². The summed E-state index contributed by atoms with van der Waals surface area (Å²) in [7, 11) is 0. The average molecular weight is 523 g/mol. The third kappa shape index (κ3) is 5.43. The molecular weight excluding hydrogens is 488 g/mol. The second-order valence-corrected chi connectivity index (χ2v) is 10.8. The van der Waals surface area contributed by atoms with Crippen LogP contribution in [0.2, 0.25) is 0 Å². The Morgan fingerprint density at radius 2 is 1.41 bits per heavy atom. The molecule has 1 atom stereocenters. The molecule has 7 heteroatoms. The molecule has 0 radical (unpaired) electrons. The predicted molar refractivity (Wildman–Crippen MR) is 150 cm³/mol. The Balaban J connectivity index is 1.46. The number of carbonyl (C=O) groups is 2. The van der Waals surface area contributed by atoms with E-state index in [9.17, 15) is 9.59 Å². The highest BCUT2D eigenvalue weighted by molar-refractivity contribution is 5.87. The molecule has 1 N–H and O–H groups in total. The zero-order chi connectivity index (χ0) is 27.5. The summed E-state index contributed by atoms with van der Waals surface area (Å²) in [5, 5.41) is 2.72. The van der Waals surface area contributed by atoms with Crippen LogP contribution in [0.15, 0.2) is 104 Å². The molecule has 1 saturated heterocycles. The molecule has 0 spiro atoms. The number of rotatable bonds is 7. The maximum absolute atomic E-state index is 13.1. The number of amides is 2. The molecule has 3 aromatic carbocycles. The minimum absolute atomic E-state index is 0.129. The van der Waals surface area contributed by atoms with E-state index in [0.29, 0.717) is 19.5 Å². The topological polar surface area (TPSA) is 76.5 Å². The number of imidazole rings is 1. The summed E-state index contributed by atoms with van der Waals surface area (Å²) < 4.78 is 7.47. The van der Waals surface area contributed by atoms with Gasteiger partial charge in [0.25, 0.3) is 0 Å². The van der Waals surface area contributed by atoms with Crippen molar-refractivity contribution in [3.05, 3.63) is 126 Å². The smallest absolute Gasteiger partial charge is 0.408 e. The predicted octanol–water partition coefficient (Wildman–Crippen LogP) is 5.35. The molecule has 0 unspecified atom stereocenters. The monoisotopic (exact) mass is 522 g/mol. The number of hydrogen-bond acceptors (Lipinski definition) is 4. The molecule has 7 nitrogen and oxygen atoms in total. The number of benzene rings is 3. The average Bonchev–Trinajstić information content (AvgIpc) is 3.53. The van der Waals surface area contributed by atoms with Gasteiger partial charge in [-0.15, -0.1) is 0 Å². The first-order valence-electron chi connectivity index (χ1n) is 13.3. The number of alkyl carbamates (subject to hydrolysis) is 1. The minimum atomic E-state index is -0.662. The molecule has 2 amide bonds. The SMILES string of the molecule is CC(C)(C)OC(=O)N[C@@H]1CCN(Cc2cn(C(c3ccccc3)(c3ccccc3)c3ccccc3)cn2)C1=O. The summed E-state index contributed by atoms with van der Waals surface area (Å²) in [6.45, 7) is 6.28. The molecule has 4 aromatic rings. The first kappa shape index (κ1) is 26.2. The van der Waals surface area contributed by atoms with Gasteiger partial charge < -0.3 is 19.5 Å². The van der Waals surface area contributed by atoms with Crippen LogP contribution in [0.4, 0.5) is 4.79 Å². The second-order valence-electron chi connectivity index (χ2n) is 10.8. The summed E-state index contributed by atoms with van der Waals surface area (Å²) in [4.78, 5) is 31.8. The van der Waals surface area contributed by atoms with Crippen molar-refractivity contribution in [1.29, 1.82) is 0 Å². The lowest BCUT2D eigenvalue weighted by molar-refractivity contribution is -0.130. The van der Waals surface area contributed by atoms with Crippen LogP contribution < -0.4 is 5.32 Å². The zero-order valence-electron chi connectivity index (χ0n) is 22.6. The minimum Gasteiger partial charge on any atom is -0.444 e. The molecule has 39 heavy (non-hydrogen) atoms. The van der Waals surface area contributed by atoms with Crippen molar-refractivity contribution in [1.82, 2.24) is 19.8 Å². The molecule has 1 aliphatic rings. The summed E-state index contributed by atoms with van der Waals surface area (Å²) in [6, 6.07) is 30.6. The van der Waals surface area contributed by atoms with Gasteiger partial charge in [-0.25, -0.2) is 9.78 Å². The van der Waals surface area contributed by atoms with Gasteiger partial charge in [-0.05, 0) is 43.9 Å². The van der Waals surface area contributed by atoms with E-state index in [1.54, 1.807) is 25.7 Å². The lowest BCUT2D eigenvalue weighted by atomic mass is 9.77. The third-order valence-electron chi connectivity index (χ3n) is 6.94. The van der Waals surface area contributed by atoms with E-state index in [0.717, 1.165) is 22.4 Å². The summed E-state index contributed by atoms with van der Waals surface area (Å²) >= 11 is 0. The van der Waals surface area contributed by atoms with Crippen LogP contribution in [0.25, 0.3) is 0 Å². The maximum atomic E-state index is 13.1. The molecule has 200 valence electrons. The van der Waals surface area contributed by atoms with Gasteiger partial charge in [0.05, 0.1) is 18.6 Å². The number of hydrogen-bond donors (Lipinski definition) is 1. The van der Waals surface area contributed by atoms with Crippen LogP contribution in [-0.2, 0) is 21.6 Å². The van der Waals surface area contributed by atoms with Crippen LogP contribution in [-0.4, -0.2) is 44.6 Å². The van der Waals surface area contributed by atoms with Crippen molar-refractivity contribution >= 4 is 12.0 Å². The normalized spacial score (nSPS) is 15.8. The summed E-state index contributed by atoms with van der Waals surface area (Å²) in [5.41, 5.74) is 2.79. The lowest BCUT2D eigenvalue weighted by Gasteiger charge is -2.37. The first-order valence-corrected chi connectivity index (χ1v) is 13.3. The molecule has 1 aromatic heterocycles. The van der Waals surface area contributed by atoms with E-state index in [2.05, 4.69) is 82.7 Å². The summed E-state index contributed by atoms with van der Waals surface area (Å²) in [6.07, 6.45) is 3.82. The van der Waals surface area contributed by atoms with Crippen LogP contribution in [0.3, 0.4) is 0 Å². The van der Waals surface area contributed by atoms with Gasteiger partial charge >= 0.3 is 6.09 Å². The number of carbonyl (C=O) groups excluding carboxylic acids is 2. The zero-order valence-corrected chi connectivity index (χ0v) is 22.6. The quantitative estimate of drug-likeness (QED) is 0.332.